The van der Waals surface area contributed by atoms with Crippen LogP contribution in [0.5, 0.6) is 0 Å². The summed E-state index contributed by atoms with van der Waals surface area (Å²) in [7, 11) is 0. The minimum absolute atomic E-state index is 0.115. The third-order valence-corrected chi connectivity index (χ3v) is 3.43. The summed E-state index contributed by atoms with van der Waals surface area (Å²) in [5, 5.41) is 4.17. The van der Waals surface area contributed by atoms with Crippen molar-refractivity contribution >= 4 is 33.4 Å². The van der Waals surface area contributed by atoms with Crippen LogP contribution in [-0.2, 0) is 0 Å². The number of amides is 1. The Morgan fingerprint density at radius 2 is 2.06 bits per heavy atom. The van der Waals surface area contributed by atoms with E-state index in [2.05, 4.69) is 35.1 Å². The Morgan fingerprint density at radius 3 is 2.56 bits per heavy atom. The standard InChI is InChI=1S/C12H15BrClNO/c1-8(2)11(7-13)15-12(16)9-5-3-4-6-10(9)14/h3-6,8,11H,7H2,1-2H3,(H,15,16). The maximum absolute atomic E-state index is 11.9. The molecule has 0 radical (unpaired) electrons. The van der Waals surface area contributed by atoms with Crippen LogP contribution in [0.4, 0.5) is 0 Å². The monoisotopic (exact) mass is 303 g/mol. The van der Waals surface area contributed by atoms with E-state index in [4.69, 9.17) is 11.6 Å². The molecule has 0 spiro atoms. The first-order valence-electron chi connectivity index (χ1n) is 5.17. The number of nitrogens with one attached hydrogen (secondary N) is 1. The highest BCUT2D eigenvalue weighted by molar-refractivity contribution is 9.09. The molecule has 2 nitrogen and oxygen atoms in total. The second-order valence-electron chi connectivity index (χ2n) is 3.96. The Morgan fingerprint density at radius 1 is 1.44 bits per heavy atom. The number of alkyl halides is 1. The number of carbonyl (C=O) groups excluding carboxylic acids is 1. The second-order valence-corrected chi connectivity index (χ2v) is 5.01. The van der Waals surface area contributed by atoms with Gasteiger partial charge in [0.15, 0.2) is 0 Å². The van der Waals surface area contributed by atoms with Crippen molar-refractivity contribution in [3.05, 3.63) is 34.9 Å². The van der Waals surface area contributed by atoms with Gasteiger partial charge in [-0.15, -0.1) is 0 Å². The van der Waals surface area contributed by atoms with E-state index in [1.807, 2.05) is 6.07 Å². The second kappa shape index (κ2) is 6.26. The van der Waals surface area contributed by atoms with E-state index >= 15 is 0 Å². The SMILES string of the molecule is CC(C)C(CBr)NC(=O)c1ccccc1Cl. The number of benzene rings is 1. The maximum atomic E-state index is 11.9. The number of halogens is 2. The van der Waals surface area contributed by atoms with E-state index in [9.17, 15) is 4.79 Å². The molecule has 1 aromatic carbocycles. The van der Waals surface area contributed by atoms with Crippen molar-refractivity contribution in [3.8, 4) is 0 Å². The lowest BCUT2D eigenvalue weighted by Crippen LogP contribution is -2.39. The largest absolute Gasteiger partial charge is 0.348 e. The topological polar surface area (TPSA) is 29.1 Å². The zero-order valence-electron chi connectivity index (χ0n) is 9.34. The number of rotatable bonds is 4. The lowest BCUT2D eigenvalue weighted by atomic mass is 10.1. The van der Waals surface area contributed by atoms with Crippen LogP contribution >= 0.6 is 27.5 Å². The van der Waals surface area contributed by atoms with Gasteiger partial charge in [-0.3, -0.25) is 4.79 Å². The molecular weight excluding hydrogens is 289 g/mol. The third-order valence-electron chi connectivity index (χ3n) is 2.41. The lowest BCUT2D eigenvalue weighted by Gasteiger charge is -2.20. The van der Waals surface area contributed by atoms with E-state index in [0.29, 0.717) is 16.5 Å². The quantitative estimate of drug-likeness (QED) is 0.848. The average Bonchev–Trinajstić information content (AvgIpc) is 2.25. The first-order chi connectivity index (χ1) is 7.56. The summed E-state index contributed by atoms with van der Waals surface area (Å²) in [6.07, 6.45) is 0. The van der Waals surface area contributed by atoms with Gasteiger partial charge >= 0.3 is 0 Å². The van der Waals surface area contributed by atoms with Gasteiger partial charge in [-0.2, -0.15) is 0 Å². The fourth-order valence-electron chi connectivity index (χ4n) is 1.27. The number of carbonyl (C=O) groups is 1. The number of hydrogen-bond donors (Lipinski definition) is 1. The molecule has 0 aliphatic rings. The van der Waals surface area contributed by atoms with E-state index in [0.717, 1.165) is 5.33 Å². The Bertz CT molecular complexity index is 368. The van der Waals surface area contributed by atoms with Crippen LogP contribution in [-0.4, -0.2) is 17.3 Å². The molecule has 88 valence electrons. The third kappa shape index (κ3) is 3.49. The molecule has 1 aromatic rings. The van der Waals surface area contributed by atoms with E-state index in [-0.39, 0.29) is 11.9 Å². The van der Waals surface area contributed by atoms with Gasteiger partial charge in [-0.05, 0) is 18.1 Å². The number of hydrogen-bond acceptors (Lipinski definition) is 1. The lowest BCUT2D eigenvalue weighted by molar-refractivity contribution is 0.0932. The molecule has 0 saturated carbocycles. The van der Waals surface area contributed by atoms with Gasteiger partial charge in [0.05, 0.1) is 10.6 Å². The fraction of sp³-hybridized carbons (Fsp3) is 0.417. The van der Waals surface area contributed by atoms with Crippen molar-refractivity contribution in [2.45, 2.75) is 19.9 Å². The van der Waals surface area contributed by atoms with Crippen LogP contribution in [0.15, 0.2) is 24.3 Å². The first-order valence-corrected chi connectivity index (χ1v) is 6.67. The average molecular weight is 305 g/mol. The summed E-state index contributed by atoms with van der Waals surface area (Å²) in [5.74, 6) is 0.259. The minimum Gasteiger partial charge on any atom is -0.348 e. The molecule has 1 atom stereocenters. The Balaban J connectivity index is 2.76. The van der Waals surface area contributed by atoms with Crippen molar-refractivity contribution < 1.29 is 4.79 Å². The van der Waals surface area contributed by atoms with Crippen LogP contribution in [0.3, 0.4) is 0 Å². The van der Waals surface area contributed by atoms with Crippen molar-refractivity contribution in [3.63, 3.8) is 0 Å². The molecule has 0 heterocycles. The fourth-order valence-corrected chi connectivity index (χ4v) is 2.41. The van der Waals surface area contributed by atoms with Crippen LogP contribution < -0.4 is 5.32 Å². The van der Waals surface area contributed by atoms with Crippen molar-refractivity contribution in [1.82, 2.24) is 5.32 Å². The van der Waals surface area contributed by atoms with Gasteiger partial charge in [0.25, 0.3) is 5.91 Å². The zero-order chi connectivity index (χ0) is 12.1. The predicted molar refractivity (Wildman–Crippen MR) is 71.3 cm³/mol. The van der Waals surface area contributed by atoms with Crippen LogP contribution in [0.1, 0.15) is 24.2 Å². The summed E-state index contributed by atoms with van der Waals surface area (Å²) < 4.78 is 0. The molecule has 16 heavy (non-hydrogen) atoms. The summed E-state index contributed by atoms with van der Waals surface area (Å²) in [5.41, 5.74) is 0.524. The minimum atomic E-state index is -0.122. The molecule has 0 bridgehead atoms. The van der Waals surface area contributed by atoms with Crippen molar-refractivity contribution in [2.24, 2.45) is 5.92 Å². The molecule has 0 aliphatic heterocycles. The summed E-state index contributed by atoms with van der Waals surface area (Å²) >= 11 is 9.34. The van der Waals surface area contributed by atoms with Gasteiger partial charge < -0.3 is 5.32 Å². The molecule has 1 N–H and O–H groups in total. The molecule has 1 rings (SSSR count). The summed E-state index contributed by atoms with van der Waals surface area (Å²) in [4.78, 5) is 11.9. The van der Waals surface area contributed by atoms with E-state index in [1.165, 1.54) is 0 Å². The smallest absolute Gasteiger partial charge is 0.253 e. The predicted octanol–water partition coefficient (Wildman–Crippen LogP) is 3.49. The Kier molecular flexibility index (Phi) is 5.29. The summed E-state index contributed by atoms with van der Waals surface area (Å²) in [6, 6.07) is 7.17. The van der Waals surface area contributed by atoms with Crippen molar-refractivity contribution in [2.75, 3.05) is 5.33 Å². The van der Waals surface area contributed by atoms with E-state index in [1.54, 1.807) is 18.2 Å². The Hall–Kier alpha value is -0.540. The van der Waals surface area contributed by atoms with Gasteiger partial charge in [-0.25, -0.2) is 0 Å². The molecule has 1 unspecified atom stereocenters. The molecule has 0 saturated heterocycles. The summed E-state index contributed by atoms with van der Waals surface area (Å²) in [6.45, 7) is 4.14. The molecular formula is C12H15BrClNO. The highest BCUT2D eigenvalue weighted by atomic mass is 79.9. The van der Waals surface area contributed by atoms with Gasteiger partial charge in [-0.1, -0.05) is 53.5 Å². The van der Waals surface area contributed by atoms with Crippen LogP contribution in [0, 0.1) is 5.92 Å². The zero-order valence-corrected chi connectivity index (χ0v) is 11.7. The Labute approximate surface area is 110 Å². The van der Waals surface area contributed by atoms with E-state index < -0.39 is 0 Å². The van der Waals surface area contributed by atoms with Gasteiger partial charge in [0.2, 0.25) is 0 Å². The van der Waals surface area contributed by atoms with Crippen LogP contribution in [0.2, 0.25) is 5.02 Å². The highest BCUT2D eigenvalue weighted by Gasteiger charge is 2.17. The van der Waals surface area contributed by atoms with Gasteiger partial charge in [0.1, 0.15) is 0 Å². The normalized spacial score (nSPS) is 12.6. The van der Waals surface area contributed by atoms with Gasteiger partial charge in [0, 0.05) is 11.4 Å². The molecule has 0 aliphatic carbocycles. The first kappa shape index (κ1) is 13.5. The molecule has 4 heteroatoms. The highest BCUT2D eigenvalue weighted by Crippen LogP contribution is 2.15. The molecule has 1 amide bonds. The van der Waals surface area contributed by atoms with Crippen molar-refractivity contribution in [1.29, 1.82) is 0 Å². The van der Waals surface area contributed by atoms with Crippen LogP contribution in [0.25, 0.3) is 0 Å². The molecule has 0 fully saturated rings. The molecule has 0 aromatic heterocycles. The maximum Gasteiger partial charge on any atom is 0.253 e.